The third-order valence-electron chi connectivity index (χ3n) is 6.75. The molecule has 0 radical (unpaired) electrons. The van der Waals surface area contributed by atoms with E-state index in [1.54, 1.807) is 0 Å². The van der Waals surface area contributed by atoms with E-state index in [0.29, 0.717) is 0 Å². The first-order chi connectivity index (χ1) is 18.7. The highest BCUT2D eigenvalue weighted by atomic mass is 79.9. The van der Waals surface area contributed by atoms with Crippen LogP contribution in [-0.2, 0) is 0 Å². The summed E-state index contributed by atoms with van der Waals surface area (Å²) in [5.41, 5.74) is 10.6. The van der Waals surface area contributed by atoms with Crippen LogP contribution in [0.5, 0.6) is 0 Å². The van der Waals surface area contributed by atoms with Crippen LogP contribution < -0.4 is 4.90 Å². The van der Waals surface area contributed by atoms with Gasteiger partial charge in [0.2, 0.25) is 0 Å². The van der Waals surface area contributed by atoms with Crippen molar-refractivity contribution in [3.63, 3.8) is 0 Å². The average molecular weight is 553 g/mol. The van der Waals surface area contributed by atoms with Crippen LogP contribution in [0, 0.1) is 0 Å². The normalized spacial score (nSPS) is 10.8. The summed E-state index contributed by atoms with van der Waals surface area (Å²) in [5, 5.41) is 0. The van der Waals surface area contributed by atoms with E-state index in [-0.39, 0.29) is 0 Å². The van der Waals surface area contributed by atoms with Gasteiger partial charge in [0.15, 0.2) is 0 Å². The first-order valence-corrected chi connectivity index (χ1v) is 13.5. The summed E-state index contributed by atoms with van der Waals surface area (Å²) < 4.78 is 1.06. The zero-order valence-corrected chi connectivity index (χ0v) is 22.4. The van der Waals surface area contributed by atoms with Crippen molar-refractivity contribution in [3.05, 3.63) is 162 Å². The Labute approximate surface area is 232 Å². The van der Waals surface area contributed by atoms with Crippen molar-refractivity contribution >= 4 is 33.0 Å². The van der Waals surface area contributed by atoms with Gasteiger partial charge in [-0.2, -0.15) is 0 Å². The highest BCUT2D eigenvalue weighted by Gasteiger charge is 2.14. The molecule has 6 aromatic rings. The van der Waals surface area contributed by atoms with E-state index < -0.39 is 0 Å². The van der Waals surface area contributed by atoms with Crippen LogP contribution in [0.2, 0.25) is 0 Å². The Morgan fingerprint density at radius 1 is 0.316 bits per heavy atom. The molecule has 0 aliphatic rings. The summed E-state index contributed by atoms with van der Waals surface area (Å²) in [6.07, 6.45) is 0. The van der Waals surface area contributed by atoms with Gasteiger partial charge in [-0.25, -0.2) is 0 Å². The maximum atomic E-state index is 3.59. The lowest BCUT2D eigenvalue weighted by atomic mass is 10.00. The van der Waals surface area contributed by atoms with Gasteiger partial charge in [-0.15, -0.1) is 0 Å². The SMILES string of the molecule is Brc1ccc(N(c2ccc(-c3ccc(-c4ccccc4)cc3)cc2)c2cccc(-c3ccccc3)c2)cc1. The molecule has 0 heterocycles. The second kappa shape index (κ2) is 10.9. The van der Waals surface area contributed by atoms with Crippen molar-refractivity contribution in [2.75, 3.05) is 4.90 Å². The largest absolute Gasteiger partial charge is 0.310 e. The summed E-state index contributed by atoms with van der Waals surface area (Å²) in [4.78, 5) is 2.31. The van der Waals surface area contributed by atoms with Crippen LogP contribution in [0.1, 0.15) is 0 Å². The van der Waals surface area contributed by atoms with Gasteiger partial charge >= 0.3 is 0 Å². The predicted molar refractivity (Wildman–Crippen MR) is 165 cm³/mol. The first kappa shape index (κ1) is 24.0. The van der Waals surface area contributed by atoms with E-state index in [2.05, 4.69) is 179 Å². The lowest BCUT2D eigenvalue weighted by Crippen LogP contribution is -2.09. The number of benzene rings is 6. The zero-order valence-electron chi connectivity index (χ0n) is 20.8. The van der Waals surface area contributed by atoms with Crippen molar-refractivity contribution in [1.82, 2.24) is 0 Å². The molecule has 6 aromatic carbocycles. The number of anilines is 3. The van der Waals surface area contributed by atoms with Crippen LogP contribution in [0.25, 0.3) is 33.4 Å². The van der Waals surface area contributed by atoms with Crippen molar-refractivity contribution in [2.24, 2.45) is 0 Å². The molecular formula is C36H26BrN. The van der Waals surface area contributed by atoms with Gasteiger partial charge in [-0.05, 0) is 81.9 Å². The summed E-state index contributed by atoms with van der Waals surface area (Å²) in [7, 11) is 0. The Morgan fingerprint density at radius 2 is 0.711 bits per heavy atom. The van der Waals surface area contributed by atoms with Gasteiger partial charge in [0.25, 0.3) is 0 Å². The molecule has 0 aromatic heterocycles. The van der Waals surface area contributed by atoms with E-state index in [0.717, 1.165) is 21.5 Å². The summed E-state index contributed by atoms with van der Waals surface area (Å²) in [6, 6.07) is 55.9. The van der Waals surface area contributed by atoms with E-state index in [4.69, 9.17) is 0 Å². The molecule has 0 unspecified atom stereocenters. The average Bonchev–Trinajstić information content (AvgIpc) is 3.00. The minimum absolute atomic E-state index is 1.06. The second-order valence-electron chi connectivity index (χ2n) is 9.22. The number of rotatable bonds is 6. The fraction of sp³-hybridized carbons (Fsp3) is 0. The minimum atomic E-state index is 1.06. The van der Waals surface area contributed by atoms with E-state index in [1.807, 2.05) is 0 Å². The highest BCUT2D eigenvalue weighted by Crippen LogP contribution is 2.38. The Bertz CT molecular complexity index is 1620. The molecule has 6 rings (SSSR count). The fourth-order valence-electron chi connectivity index (χ4n) is 4.78. The Hall–Kier alpha value is -4.40. The minimum Gasteiger partial charge on any atom is -0.310 e. The van der Waals surface area contributed by atoms with Crippen LogP contribution in [-0.4, -0.2) is 0 Å². The summed E-state index contributed by atoms with van der Waals surface area (Å²) in [6.45, 7) is 0. The molecule has 1 nitrogen and oxygen atoms in total. The number of nitrogens with zero attached hydrogens (tertiary/aromatic N) is 1. The number of hydrogen-bond acceptors (Lipinski definition) is 1. The van der Waals surface area contributed by atoms with Gasteiger partial charge in [0.05, 0.1) is 0 Å². The Balaban J connectivity index is 1.35. The molecule has 2 heteroatoms. The Morgan fingerprint density at radius 3 is 1.24 bits per heavy atom. The maximum Gasteiger partial charge on any atom is 0.0467 e. The number of hydrogen-bond donors (Lipinski definition) is 0. The van der Waals surface area contributed by atoms with E-state index >= 15 is 0 Å². The highest BCUT2D eigenvalue weighted by molar-refractivity contribution is 9.10. The maximum absolute atomic E-state index is 3.59. The molecule has 0 spiro atoms. The molecule has 0 N–H and O–H groups in total. The molecule has 0 aliphatic heterocycles. The van der Waals surface area contributed by atoms with Crippen molar-refractivity contribution < 1.29 is 0 Å². The first-order valence-electron chi connectivity index (χ1n) is 12.7. The monoisotopic (exact) mass is 551 g/mol. The van der Waals surface area contributed by atoms with Crippen LogP contribution in [0.15, 0.2) is 162 Å². The van der Waals surface area contributed by atoms with Gasteiger partial charge in [-0.1, -0.05) is 125 Å². The quantitative estimate of drug-likeness (QED) is 0.199. The molecule has 0 aliphatic carbocycles. The topological polar surface area (TPSA) is 3.24 Å². The molecule has 0 fully saturated rings. The van der Waals surface area contributed by atoms with Crippen LogP contribution >= 0.6 is 15.9 Å². The lowest BCUT2D eigenvalue weighted by Gasteiger charge is -2.26. The molecule has 182 valence electrons. The lowest BCUT2D eigenvalue weighted by molar-refractivity contribution is 1.28. The third kappa shape index (κ3) is 5.18. The molecule has 0 atom stereocenters. The molecule has 0 bridgehead atoms. The summed E-state index contributed by atoms with van der Waals surface area (Å²) >= 11 is 3.59. The van der Waals surface area contributed by atoms with Crippen molar-refractivity contribution in [3.8, 4) is 33.4 Å². The Kier molecular flexibility index (Phi) is 6.89. The predicted octanol–water partition coefficient (Wildman–Crippen LogP) is 10.9. The van der Waals surface area contributed by atoms with Crippen molar-refractivity contribution in [1.29, 1.82) is 0 Å². The zero-order chi connectivity index (χ0) is 25.7. The fourth-order valence-corrected chi connectivity index (χ4v) is 5.05. The molecule has 0 saturated heterocycles. The number of halogens is 1. The smallest absolute Gasteiger partial charge is 0.0467 e. The molecule has 0 saturated carbocycles. The van der Waals surface area contributed by atoms with Crippen LogP contribution in [0.4, 0.5) is 17.1 Å². The van der Waals surface area contributed by atoms with Gasteiger partial charge in [0, 0.05) is 21.5 Å². The molecular weight excluding hydrogens is 526 g/mol. The van der Waals surface area contributed by atoms with Crippen molar-refractivity contribution in [2.45, 2.75) is 0 Å². The van der Waals surface area contributed by atoms with Gasteiger partial charge in [0.1, 0.15) is 0 Å². The third-order valence-corrected chi connectivity index (χ3v) is 7.28. The second-order valence-corrected chi connectivity index (χ2v) is 10.1. The summed E-state index contributed by atoms with van der Waals surface area (Å²) in [5.74, 6) is 0. The molecule has 38 heavy (non-hydrogen) atoms. The van der Waals surface area contributed by atoms with Gasteiger partial charge in [-0.3, -0.25) is 0 Å². The van der Waals surface area contributed by atoms with Crippen LogP contribution in [0.3, 0.4) is 0 Å². The standard InChI is InChI=1S/C36H26BrN/c37-33-20-24-35(25-21-33)38(36-13-7-12-32(26-36)28-10-5-2-6-11-28)34-22-18-31(19-23-34)30-16-14-29(15-17-30)27-8-3-1-4-9-27/h1-26H. The van der Waals surface area contributed by atoms with E-state index in [1.165, 1.54) is 33.4 Å². The molecule has 0 amide bonds. The van der Waals surface area contributed by atoms with Gasteiger partial charge < -0.3 is 4.90 Å². The van der Waals surface area contributed by atoms with E-state index in [9.17, 15) is 0 Å².